The fourth-order valence-corrected chi connectivity index (χ4v) is 6.53. The van der Waals surface area contributed by atoms with E-state index in [2.05, 4.69) is 0 Å². The summed E-state index contributed by atoms with van der Waals surface area (Å²) in [6.45, 7) is 0. The van der Waals surface area contributed by atoms with Gasteiger partial charge in [0.05, 0.1) is 6.17 Å². The quantitative estimate of drug-likeness (QED) is 0.412. The summed E-state index contributed by atoms with van der Waals surface area (Å²) in [5.74, 6) is 0. The van der Waals surface area contributed by atoms with Gasteiger partial charge in [-0.05, 0) is 0 Å². The molecule has 0 spiro atoms. The number of sulfonamides is 2. The Kier molecular flexibility index (Phi) is 5.62. The number of halogens is 8. The molecule has 0 N–H and O–H groups in total. The van der Waals surface area contributed by atoms with Crippen LogP contribution in [-0.2, 0) is 20.0 Å². The molecule has 0 aliphatic carbocycles. The molecule has 16 heteroatoms. The van der Waals surface area contributed by atoms with Gasteiger partial charge in [0.25, 0.3) is 7.42 Å². The molecule has 0 fully saturated rings. The number of rotatable bonds is 4. The highest BCUT2D eigenvalue weighted by atomic mass is 35.7. The molecule has 0 amide bonds. The standard InChI is InChI=1S/C3H2Cl2F6NO4S2Si/c4-19(5)1-12(17(13,14)2(6,7)8)18(15,16)3(9,10)11/h1H2. The van der Waals surface area contributed by atoms with Crippen LogP contribution >= 0.6 is 22.2 Å². The molecular formula is C3H2Cl2F6NO4S2Si. The lowest BCUT2D eigenvalue weighted by Crippen LogP contribution is -2.51. The molecule has 0 aromatic rings. The van der Waals surface area contributed by atoms with Crippen molar-refractivity contribution in [1.29, 1.82) is 0 Å². The van der Waals surface area contributed by atoms with Crippen molar-refractivity contribution in [3.63, 3.8) is 0 Å². The Bertz CT molecular complexity index is 482. The molecule has 0 saturated heterocycles. The summed E-state index contributed by atoms with van der Waals surface area (Å²) in [4.78, 5) is 0. The Hall–Kier alpha value is 0.237. The summed E-state index contributed by atoms with van der Waals surface area (Å²) in [5.41, 5.74) is -12.5. The van der Waals surface area contributed by atoms with Gasteiger partial charge in [-0.15, -0.1) is 22.2 Å². The van der Waals surface area contributed by atoms with E-state index in [1.807, 2.05) is 0 Å². The average molecular weight is 393 g/mol. The third-order valence-electron chi connectivity index (χ3n) is 1.37. The largest absolute Gasteiger partial charge is 0.512 e. The van der Waals surface area contributed by atoms with Crippen LogP contribution in [0.5, 0.6) is 0 Å². The van der Waals surface area contributed by atoms with Crippen molar-refractivity contribution >= 4 is 49.6 Å². The van der Waals surface area contributed by atoms with Gasteiger partial charge in [-0.3, -0.25) is 0 Å². The maximum absolute atomic E-state index is 12.1. The van der Waals surface area contributed by atoms with E-state index in [0.29, 0.717) is 0 Å². The second kappa shape index (κ2) is 5.55. The molecular weight excluding hydrogens is 391 g/mol. The van der Waals surface area contributed by atoms with Crippen molar-refractivity contribution in [2.45, 2.75) is 11.0 Å². The van der Waals surface area contributed by atoms with Gasteiger partial charge in [-0.2, -0.15) is 26.3 Å². The third kappa shape index (κ3) is 4.10. The highest BCUT2D eigenvalue weighted by Crippen LogP contribution is 2.35. The number of hydrogen-bond donors (Lipinski definition) is 0. The first kappa shape index (κ1) is 19.2. The van der Waals surface area contributed by atoms with Gasteiger partial charge >= 0.3 is 31.1 Å². The normalized spacial score (nSPS) is 15.3. The highest BCUT2D eigenvalue weighted by Gasteiger charge is 2.61. The first-order valence-corrected chi connectivity index (χ1v) is 10.2. The van der Waals surface area contributed by atoms with E-state index in [4.69, 9.17) is 22.2 Å². The molecule has 0 aromatic carbocycles. The zero-order valence-electron chi connectivity index (χ0n) is 8.13. The Morgan fingerprint density at radius 2 is 1.11 bits per heavy atom. The van der Waals surface area contributed by atoms with E-state index >= 15 is 0 Å². The van der Waals surface area contributed by atoms with Crippen LogP contribution in [0.3, 0.4) is 0 Å². The van der Waals surface area contributed by atoms with Gasteiger partial charge in [0.15, 0.2) is 0 Å². The SMILES string of the molecule is O=S(=O)(N(C[Si](Cl)Cl)S(=O)(=O)C(F)(F)F)C(F)(F)F. The first-order valence-electron chi connectivity index (χ1n) is 3.62. The predicted octanol–water partition coefficient (Wildman–Crippen LogP) is 1.49. The minimum atomic E-state index is -6.79. The lowest BCUT2D eigenvalue weighted by molar-refractivity contribution is -0.0525. The van der Waals surface area contributed by atoms with E-state index in [9.17, 15) is 43.2 Å². The number of nitrogens with zero attached hydrogens (tertiary/aromatic N) is 1. The molecule has 115 valence electrons. The third-order valence-corrected chi connectivity index (χ3v) is 6.78. The Morgan fingerprint density at radius 1 is 0.842 bits per heavy atom. The van der Waals surface area contributed by atoms with Crippen molar-refractivity contribution in [1.82, 2.24) is 3.71 Å². The molecule has 0 aliphatic heterocycles. The molecule has 0 rings (SSSR count). The van der Waals surface area contributed by atoms with Crippen LogP contribution in [0.25, 0.3) is 0 Å². The smallest absolute Gasteiger partial charge is 0.202 e. The van der Waals surface area contributed by atoms with Gasteiger partial charge in [0, 0.05) is 0 Å². The van der Waals surface area contributed by atoms with Gasteiger partial charge in [-0.25, -0.2) is 16.8 Å². The summed E-state index contributed by atoms with van der Waals surface area (Å²) in [6.07, 6.45) is -1.84. The molecule has 0 aromatic heterocycles. The van der Waals surface area contributed by atoms with Crippen LogP contribution in [0, 0.1) is 0 Å². The van der Waals surface area contributed by atoms with E-state index in [1.165, 1.54) is 0 Å². The van der Waals surface area contributed by atoms with Crippen LogP contribution < -0.4 is 0 Å². The summed E-state index contributed by atoms with van der Waals surface area (Å²) >= 11 is 9.89. The second-order valence-electron chi connectivity index (χ2n) is 2.67. The Balaban J connectivity index is 6.05. The zero-order chi connectivity index (χ0) is 15.9. The summed E-state index contributed by atoms with van der Waals surface area (Å²) in [6, 6.07) is 0. The molecule has 0 bridgehead atoms. The van der Waals surface area contributed by atoms with Gasteiger partial charge in [-0.1, -0.05) is 3.71 Å². The van der Waals surface area contributed by atoms with Crippen LogP contribution in [0.2, 0.25) is 0 Å². The van der Waals surface area contributed by atoms with Crippen LogP contribution in [-0.4, -0.2) is 45.1 Å². The van der Waals surface area contributed by atoms with E-state index in [0.717, 1.165) is 0 Å². The molecule has 0 heterocycles. The molecule has 1 radical (unpaired) electrons. The van der Waals surface area contributed by atoms with Crippen LogP contribution in [0.1, 0.15) is 0 Å². The van der Waals surface area contributed by atoms with Gasteiger partial charge in [0.2, 0.25) is 0 Å². The monoisotopic (exact) mass is 392 g/mol. The lowest BCUT2D eigenvalue weighted by atomic mass is 11.5. The van der Waals surface area contributed by atoms with E-state index in [-0.39, 0.29) is 0 Å². The van der Waals surface area contributed by atoms with Gasteiger partial charge < -0.3 is 0 Å². The summed E-state index contributed by atoms with van der Waals surface area (Å²) in [5, 5.41) is 0. The number of hydrogen-bond acceptors (Lipinski definition) is 4. The second-order valence-corrected chi connectivity index (χ2v) is 10.9. The Morgan fingerprint density at radius 3 is 1.26 bits per heavy atom. The molecule has 19 heavy (non-hydrogen) atoms. The molecule has 0 aliphatic rings. The average Bonchev–Trinajstić information content (AvgIpc) is 2.09. The molecule has 5 nitrogen and oxygen atoms in total. The fourth-order valence-electron chi connectivity index (χ4n) is 0.628. The minimum Gasteiger partial charge on any atom is -0.202 e. The molecule has 0 saturated carbocycles. The lowest BCUT2D eigenvalue weighted by Gasteiger charge is -2.23. The van der Waals surface area contributed by atoms with Crippen LogP contribution in [0.15, 0.2) is 0 Å². The van der Waals surface area contributed by atoms with Gasteiger partial charge in [0.1, 0.15) is 0 Å². The van der Waals surface area contributed by atoms with E-state index < -0.39 is 48.4 Å². The van der Waals surface area contributed by atoms with Crippen LogP contribution in [0.4, 0.5) is 26.3 Å². The van der Waals surface area contributed by atoms with E-state index in [1.54, 1.807) is 0 Å². The highest BCUT2D eigenvalue weighted by molar-refractivity contribution is 8.04. The fraction of sp³-hybridized carbons (Fsp3) is 1.00. The predicted molar refractivity (Wildman–Crippen MR) is 54.1 cm³/mol. The number of alkyl halides is 6. The minimum absolute atomic E-state index is 1.78. The van der Waals surface area contributed by atoms with Crippen molar-refractivity contribution in [3.8, 4) is 0 Å². The molecule has 0 atom stereocenters. The van der Waals surface area contributed by atoms with Crippen molar-refractivity contribution in [2.24, 2.45) is 0 Å². The van der Waals surface area contributed by atoms with Crippen molar-refractivity contribution in [2.75, 3.05) is 6.17 Å². The maximum atomic E-state index is 12.1. The maximum Gasteiger partial charge on any atom is 0.512 e. The first-order chi connectivity index (χ1) is 8.05. The van der Waals surface area contributed by atoms with Crippen molar-refractivity contribution < 1.29 is 43.2 Å². The summed E-state index contributed by atoms with van der Waals surface area (Å²) in [7, 11) is -16.7. The Labute approximate surface area is 114 Å². The summed E-state index contributed by atoms with van der Waals surface area (Å²) < 4.78 is 114. The van der Waals surface area contributed by atoms with Crippen molar-refractivity contribution in [3.05, 3.63) is 0 Å². The zero-order valence-corrected chi connectivity index (χ0v) is 12.3. The molecule has 0 unspecified atom stereocenters. The topological polar surface area (TPSA) is 71.5 Å².